The fourth-order valence-electron chi connectivity index (χ4n) is 2.45. The molecule has 0 bridgehead atoms. The van der Waals surface area contributed by atoms with Crippen LogP contribution in [0.4, 0.5) is 0 Å². The Hall–Kier alpha value is -0.790. The number of rotatable bonds is 6. The fourth-order valence-corrected chi connectivity index (χ4v) is 2.45. The van der Waals surface area contributed by atoms with Crippen LogP contribution in [-0.2, 0) is 6.54 Å². The number of aromatic nitrogens is 2. The summed E-state index contributed by atoms with van der Waals surface area (Å²) in [4.78, 5) is 8.67. The molecule has 2 rings (SSSR count). The maximum Gasteiger partial charge on any atom is 0.191 e. The van der Waals surface area contributed by atoms with Crippen LogP contribution in [0.15, 0.2) is 23.7 Å². The lowest BCUT2D eigenvalue weighted by Gasteiger charge is -2.16. The zero-order valence-corrected chi connectivity index (χ0v) is 14.5. The van der Waals surface area contributed by atoms with E-state index in [1.165, 1.54) is 25.7 Å². The summed E-state index contributed by atoms with van der Waals surface area (Å²) >= 11 is 0. The second-order valence-electron chi connectivity index (χ2n) is 5.04. The third-order valence-electron chi connectivity index (χ3n) is 3.44. The van der Waals surface area contributed by atoms with Crippen molar-refractivity contribution in [1.82, 2.24) is 20.2 Å². The van der Waals surface area contributed by atoms with Crippen molar-refractivity contribution in [3.8, 4) is 0 Å². The fraction of sp³-hybridized carbons (Fsp3) is 0.714. The lowest BCUT2D eigenvalue weighted by molar-refractivity contribution is 0.607. The van der Waals surface area contributed by atoms with Crippen LogP contribution in [0.3, 0.4) is 0 Å². The van der Waals surface area contributed by atoms with Crippen molar-refractivity contribution < 1.29 is 0 Å². The average Bonchev–Trinajstić information content (AvgIpc) is 3.08. The summed E-state index contributed by atoms with van der Waals surface area (Å²) in [6.07, 6.45) is 11.9. The lowest BCUT2D eigenvalue weighted by Crippen LogP contribution is -2.42. The SMILES string of the molecule is CCNC(=NCCCn1ccnc1)NC1CCCC1.I. The molecule has 1 heterocycles. The summed E-state index contributed by atoms with van der Waals surface area (Å²) in [7, 11) is 0. The maximum absolute atomic E-state index is 4.64. The van der Waals surface area contributed by atoms with Gasteiger partial charge in [0.2, 0.25) is 0 Å². The van der Waals surface area contributed by atoms with Crippen LogP contribution in [-0.4, -0.2) is 34.6 Å². The number of nitrogens with one attached hydrogen (secondary N) is 2. The molecule has 1 fully saturated rings. The Morgan fingerprint density at radius 3 is 2.85 bits per heavy atom. The Bertz CT molecular complexity index is 371. The van der Waals surface area contributed by atoms with E-state index in [1.807, 2.05) is 18.7 Å². The second kappa shape index (κ2) is 10.0. The Kier molecular flexibility index (Phi) is 8.64. The van der Waals surface area contributed by atoms with E-state index < -0.39 is 0 Å². The van der Waals surface area contributed by atoms with Gasteiger partial charge in [0.05, 0.1) is 6.33 Å². The van der Waals surface area contributed by atoms with Gasteiger partial charge in [0, 0.05) is 38.1 Å². The number of guanidine groups is 1. The third-order valence-corrected chi connectivity index (χ3v) is 3.44. The van der Waals surface area contributed by atoms with Gasteiger partial charge in [-0.25, -0.2) is 4.98 Å². The minimum absolute atomic E-state index is 0. The van der Waals surface area contributed by atoms with Gasteiger partial charge in [-0.3, -0.25) is 4.99 Å². The number of imidazole rings is 1. The molecule has 1 aliphatic carbocycles. The van der Waals surface area contributed by atoms with E-state index in [1.54, 1.807) is 0 Å². The number of hydrogen-bond acceptors (Lipinski definition) is 2. The van der Waals surface area contributed by atoms with Crippen molar-refractivity contribution in [2.75, 3.05) is 13.1 Å². The molecule has 6 heteroatoms. The highest BCUT2D eigenvalue weighted by atomic mass is 127. The number of aryl methyl sites for hydroxylation is 1. The third kappa shape index (κ3) is 6.11. The largest absolute Gasteiger partial charge is 0.357 e. The highest BCUT2D eigenvalue weighted by molar-refractivity contribution is 14.0. The first-order valence-corrected chi connectivity index (χ1v) is 7.39. The smallest absolute Gasteiger partial charge is 0.191 e. The summed E-state index contributed by atoms with van der Waals surface area (Å²) in [6, 6.07) is 0.617. The van der Waals surface area contributed by atoms with Gasteiger partial charge in [-0.1, -0.05) is 12.8 Å². The van der Waals surface area contributed by atoms with Crippen molar-refractivity contribution in [3.05, 3.63) is 18.7 Å². The van der Waals surface area contributed by atoms with E-state index in [4.69, 9.17) is 0 Å². The zero-order chi connectivity index (χ0) is 13.3. The quantitative estimate of drug-likeness (QED) is 0.339. The average molecular weight is 391 g/mol. The van der Waals surface area contributed by atoms with Gasteiger partial charge in [-0.05, 0) is 26.2 Å². The van der Waals surface area contributed by atoms with Crippen molar-refractivity contribution in [3.63, 3.8) is 0 Å². The molecule has 1 aromatic heterocycles. The van der Waals surface area contributed by atoms with Crippen LogP contribution in [0.25, 0.3) is 0 Å². The molecule has 5 nitrogen and oxygen atoms in total. The van der Waals surface area contributed by atoms with Gasteiger partial charge < -0.3 is 15.2 Å². The molecule has 2 N–H and O–H groups in total. The van der Waals surface area contributed by atoms with Gasteiger partial charge in [-0.2, -0.15) is 0 Å². The first kappa shape index (κ1) is 17.3. The molecule has 0 spiro atoms. The molecule has 0 atom stereocenters. The molecule has 20 heavy (non-hydrogen) atoms. The molecule has 1 aliphatic rings. The van der Waals surface area contributed by atoms with E-state index in [2.05, 4.69) is 32.1 Å². The molecule has 0 aliphatic heterocycles. The molecule has 0 saturated heterocycles. The Morgan fingerprint density at radius 1 is 1.40 bits per heavy atom. The van der Waals surface area contributed by atoms with E-state index >= 15 is 0 Å². The van der Waals surface area contributed by atoms with Gasteiger partial charge in [0.1, 0.15) is 0 Å². The number of nitrogens with zero attached hydrogens (tertiary/aromatic N) is 3. The zero-order valence-electron chi connectivity index (χ0n) is 12.2. The molecule has 0 unspecified atom stereocenters. The molecule has 1 saturated carbocycles. The Labute approximate surface area is 138 Å². The van der Waals surface area contributed by atoms with Crippen LogP contribution < -0.4 is 10.6 Å². The van der Waals surface area contributed by atoms with Gasteiger partial charge in [0.15, 0.2) is 5.96 Å². The molecule has 1 aromatic rings. The van der Waals surface area contributed by atoms with Crippen molar-refractivity contribution in [2.45, 2.75) is 51.6 Å². The molecular formula is C14H26IN5. The van der Waals surface area contributed by atoms with Crippen LogP contribution in [0.5, 0.6) is 0 Å². The maximum atomic E-state index is 4.64. The standard InChI is InChI=1S/C14H25N5.HI/c1-2-16-14(18-13-6-3-4-7-13)17-8-5-10-19-11-9-15-12-19;/h9,11-13H,2-8,10H2,1H3,(H2,16,17,18);1H. The summed E-state index contributed by atoms with van der Waals surface area (Å²) in [5.41, 5.74) is 0. The molecule has 0 amide bonds. The van der Waals surface area contributed by atoms with E-state index in [-0.39, 0.29) is 24.0 Å². The van der Waals surface area contributed by atoms with Crippen LogP contribution >= 0.6 is 24.0 Å². The second-order valence-corrected chi connectivity index (χ2v) is 5.04. The predicted octanol–water partition coefficient (Wildman–Crippen LogP) is 2.39. The summed E-state index contributed by atoms with van der Waals surface area (Å²) in [5.74, 6) is 0.972. The number of aliphatic imine (C=N–C) groups is 1. The van der Waals surface area contributed by atoms with Crippen molar-refractivity contribution >= 4 is 29.9 Å². The molecular weight excluding hydrogens is 365 g/mol. The first-order valence-electron chi connectivity index (χ1n) is 7.39. The van der Waals surface area contributed by atoms with Gasteiger partial charge in [-0.15, -0.1) is 24.0 Å². The first-order chi connectivity index (χ1) is 9.38. The van der Waals surface area contributed by atoms with Crippen LogP contribution in [0.2, 0.25) is 0 Å². The Morgan fingerprint density at radius 2 is 2.20 bits per heavy atom. The number of hydrogen-bond donors (Lipinski definition) is 2. The molecule has 114 valence electrons. The van der Waals surface area contributed by atoms with E-state index in [0.717, 1.165) is 32.0 Å². The molecule has 0 aromatic carbocycles. The topological polar surface area (TPSA) is 54.2 Å². The highest BCUT2D eigenvalue weighted by Gasteiger charge is 2.15. The van der Waals surface area contributed by atoms with Gasteiger partial charge in [0.25, 0.3) is 0 Å². The van der Waals surface area contributed by atoms with Gasteiger partial charge >= 0.3 is 0 Å². The Balaban J connectivity index is 0.00000200. The van der Waals surface area contributed by atoms with Crippen LogP contribution in [0, 0.1) is 0 Å². The lowest BCUT2D eigenvalue weighted by atomic mass is 10.2. The normalized spacial score (nSPS) is 15.9. The highest BCUT2D eigenvalue weighted by Crippen LogP contribution is 2.17. The van der Waals surface area contributed by atoms with Crippen LogP contribution in [0.1, 0.15) is 39.0 Å². The summed E-state index contributed by atoms with van der Waals surface area (Å²) in [5, 5.41) is 6.85. The van der Waals surface area contributed by atoms with E-state index in [0.29, 0.717) is 6.04 Å². The minimum atomic E-state index is 0. The van der Waals surface area contributed by atoms with E-state index in [9.17, 15) is 0 Å². The predicted molar refractivity (Wildman–Crippen MR) is 93.6 cm³/mol. The number of halogens is 1. The van der Waals surface area contributed by atoms with Crippen molar-refractivity contribution in [1.29, 1.82) is 0 Å². The molecule has 0 radical (unpaired) electrons. The minimum Gasteiger partial charge on any atom is -0.357 e. The monoisotopic (exact) mass is 391 g/mol. The summed E-state index contributed by atoms with van der Waals surface area (Å²) < 4.78 is 2.09. The van der Waals surface area contributed by atoms with Crippen molar-refractivity contribution in [2.24, 2.45) is 4.99 Å². The summed E-state index contributed by atoms with van der Waals surface area (Å²) in [6.45, 7) is 4.85.